The van der Waals surface area contributed by atoms with Crippen molar-refractivity contribution in [2.45, 2.75) is 0 Å². The number of benzene rings is 7. The van der Waals surface area contributed by atoms with Crippen molar-refractivity contribution >= 4 is 43.5 Å². The van der Waals surface area contributed by atoms with Crippen LogP contribution in [-0.2, 0) is 0 Å². The molecule has 0 unspecified atom stereocenters. The summed E-state index contributed by atoms with van der Waals surface area (Å²) >= 11 is 0. The highest BCUT2D eigenvalue weighted by Gasteiger charge is 2.21. The van der Waals surface area contributed by atoms with Gasteiger partial charge in [0.15, 0.2) is 0 Å². The molecule has 0 saturated heterocycles. The van der Waals surface area contributed by atoms with Gasteiger partial charge in [0.2, 0.25) is 0 Å². The molecule has 8 rings (SSSR count). The standard InChI is InChI=1S/C38H24O/c1-2-13-25(14-3-1)26-15-4-5-16-27(26)36-28-17-6-8-19-30(28)37(31-20-9-7-18-29(31)36)33-22-12-24-35-38(33)32-21-10-11-23-34(32)39-35/h1-24H/i10D,11D,12D,21D,22D,23D,24D. The molecule has 0 N–H and O–H groups in total. The summed E-state index contributed by atoms with van der Waals surface area (Å²) in [7, 11) is 0. The molecule has 39 heavy (non-hydrogen) atoms. The molecule has 0 aliphatic carbocycles. The quantitative estimate of drug-likeness (QED) is 0.219. The molecule has 1 nitrogen and oxygen atoms in total. The number of fused-ring (bicyclic) bond motifs is 5. The summed E-state index contributed by atoms with van der Waals surface area (Å²) in [5.41, 5.74) is 5.01. The molecule has 0 saturated carbocycles. The molecule has 0 aliphatic heterocycles. The molecular weight excluding hydrogens is 472 g/mol. The lowest BCUT2D eigenvalue weighted by molar-refractivity contribution is 0.669. The molecule has 0 amide bonds. The number of furan rings is 1. The van der Waals surface area contributed by atoms with E-state index in [0.29, 0.717) is 11.1 Å². The number of hydrogen-bond acceptors (Lipinski definition) is 1. The van der Waals surface area contributed by atoms with E-state index in [1.54, 1.807) is 0 Å². The van der Waals surface area contributed by atoms with Crippen LogP contribution < -0.4 is 0 Å². The van der Waals surface area contributed by atoms with Crippen LogP contribution in [0.15, 0.2) is 150 Å². The van der Waals surface area contributed by atoms with Gasteiger partial charge < -0.3 is 4.42 Å². The van der Waals surface area contributed by atoms with Gasteiger partial charge in [-0.15, -0.1) is 0 Å². The Bertz CT molecular complexity index is 2500. The molecule has 1 heterocycles. The van der Waals surface area contributed by atoms with E-state index < -0.39 is 12.1 Å². The van der Waals surface area contributed by atoms with Gasteiger partial charge in [-0.25, -0.2) is 0 Å². The monoisotopic (exact) mass is 503 g/mol. The van der Waals surface area contributed by atoms with Gasteiger partial charge in [-0.2, -0.15) is 0 Å². The van der Waals surface area contributed by atoms with Crippen LogP contribution in [0.25, 0.3) is 76.9 Å². The van der Waals surface area contributed by atoms with Gasteiger partial charge in [0.25, 0.3) is 0 Å². The Balaban J connectivity index is 1.60. The average Bonchev–Trinajstić information content (AvgIpc) is 3.50. The largest absolute Gasteiger partial charge is 0.456 e. The first-order chi connectivity index (χ1) is 22.3. The number of hydrogen-bond donors (Lipinski definition) is 0. The van der Waals surface area contributed by atoms with Crippen LogP contribution in [0, 0.1) is 0 Å². The molecule has 0 spiro atoms. The Morgan fingerprint density at radius 3 is 1.64 bits per heavy atom. The summed E-state index contributed by atoms with van der Waals surface area (Å²) in [6, 6.07) is 31.9. The van der Waals surface area contributed by atoms with E-state index in [4.69, 9.17) is 12.6 Å². The second-order valence-corrected chi connectivity index (χ2v) is 9.51. The van der Waals surface area contributed by atoms with E-state index in [1.165, 1.54) is 0 Å². The minimum absolute atomic E-state index is 0.0373. The Kier molecular flexibility index (Phi) is 3.57. The second-order valence-electron chi connectivity index (χ2n) is 9.51. The normalized spacial score (nSPS) is 14.1. The summed E-state index contributed by atoms with van der Waals surface area (Å²) in [4.78, 5) is 0. The maximum absolute atomic E-state index is 9.26. The van der Waals surface area contributed by atoms with Crippen LogP contribution in [0.2, 0.25) is 0 Å². The summed E-state index contributed by atoms with van der Waals surface area (Å²) in [5.74, 6) is 0. The van der Waals surface area contributed by atoms with E-state index in [9.17, 15) is 1.37 Å². The topological polar surface area (TPSA) is 13.1 Å². The van der Waals surface area contributed by atoms with Gasteiger partial charge >= 0.3 is 0 Å². The van der Waals surface area contributed by atoms with Gasteiger partial charge in [0, 0.05) is 10.8 Å². The first-order valence-corrected chi connectivity index (χ1v) is 12.8. The van der Waals surface area contributed by atoms with Crippen molar-refractivity contribution < 1.29 is 14.0 Å². The fourth-order valence-electron chi connectivity index (χ4n) is 5.81. The molecule has 8 aromatic rings. The van der Waals surface area contributed by atoms with Crippen LogP contribution in [-0.4, -0.2) is 0 Å². The highest BCUT2D eigenvalue weighted by atomic mass is 16.3. The zero-order valence-electron chi connectivity index (χ0n) is 27.7. The molecule has 182 valence electrons. The fraction of sp³-hybridized carbons (Fsp3) is 0. The van der Waals surface area contributed by atoms with Gasteiger partial charge in [0.1, 0.15) is 11.2 Å². The molecule has 1 aromatic heterocycles. The lowest BCUT2D eigenvalue weighted by atomic mass is 9.83. The summed E-state index contributed by atoms with van der Waals surface area (Å²) < 4.78 is 66.8. The van der Waals surface area contributed by atoms with Gasteiger partial charge in [0.05, 0.1) is 9.60 Å². The van der Waals surface area contributed by atoms with Crippen molar-refractivity contribution in [1.29, 1.82) is 0 Å². The third-order valence-electron chi connectivity index (χ3n) is 7.41. The summed E-state index contributed by atoms with van der Waals surface area (Å²) in [6.45, 7) is 0. The molecular formula is C38H24O. The van der Waals surface area contributed by atoms with Crippen molar-refractivity contribution in [3.8, 4) is 33.4 Å². The Hall–Kier alpha value is -5.14. The van der Waals surface area contributed by atoms with E-state index in [0.717, 1.165) is 43.8 Å². The van der Waals surface area contributed by atoms with Gasteiger partial charge in [-0.1, -0.05) is 133 Å². The predicted molar refractivity (Wildman–Crippen MR) is 165 cm³/mol. The van der Waals surface area contributed by atoms with Crippen LogP contribution in [0.3, 0.4) is 0 Å². The molecule has 0 bridgehead atoms. The smallest absolute Gasteiger partial charge is 0.136 e. The van der Waals surface area contributed by atoms with E-state index in [2.05, 4.69) is 24.3 Å². The Morgan fingerprint density at radius 1 is 0.410 bits per heavy atom. The van der Waals surface area contributed by atoms with Gasteiger partial charge in [-0.3, -0.25) is 0 Å². The van der Waals surface area contributed by atoms with Crippen molar-refractivity contribution in [2.24, 2.45) is 0 Å². The molecule has 0 radical (unpaired) electrons. The highest BCUT2D eigenvalue weighted by Crippen LogP contribution is 2.48. The summed E-state index contributed by atoms with van der Waals surface area (Å²) in [5, 5.41) is 3.79. The zero-order valence-corrected chi connectivity index (χ0v) is 20.7. The number of rotatable bonds is 3. The third kappa shape index (κ3) is 3.34. The molecule has 7 aromatic carbocycles. The number of para-hydroxylation sites is 1. The van der Waals surface area contributed by atoms with E-state index in [-0.39, 0.29) is 52.2 Å². The zero-order chi connectivity index (χ0) is 31.9. The summed E-state index contributed by atoms with van der Waals surface area (Å²) in [6.07, 6.45) is 0. The first-order valence-electron chi connectivity index (χ1n) is 16.3. The molecule has 1 heteroatoms. The Labute approximate surface area is 236 Å². The van der Waals surface area contributed by atoms with Gasteiger partial charge in [-0.05, 0) is 67.0 Å². The van der Waals surface area contributed by atoms with Crippen molar-refractivity contribution in [3.63, 3.8) is 0 Å². The van der Waals surface area contributed by atoms with Crippen LogP contribution in [0.1, 0.15) is 9.60 Å². The van der Waals surface area contributed by atoms with Crippen molar-refractivity contribution in [2.75, 3.05) is 0 Å². The van der Waals surface area contributed by atoms with Crippen LogP contribution in [0.4, 0.5) is 0 Å². The van der Waals surface area contributed by atoms with Crippen LogP contribution in [0.5, 0.6) is 0 Å². The van der Waals surface area contributed by atoms with Crippen molar-refractivity contribution in [3.05, 3.63) is 145 Å². The highest BCUT2D eigenvalue weighted by molar-refractivity contribution is 6.26. The molecule has 0 fully saturated rings. The second kappa shape index (κ2) is 8.72. The lowest BCUT2D eigenvalue weighted by Gasteiger charge is -2.20. The minimum atomic E-state index is -0.445. The SMILES string of the molecule is [2H]c1c([2H])c([2H])c2c(oc3c([2H])c([2H])c([2H])c(-c4c5ccccc5c(-c5ccccc5-c5ccccc5)c5ccccc45)c32)c1[2H]. The van der Waals surface area contributed by atoms with E-state index >= 15 is 0 Å². The maximum atomic E-state index is 9.26. The first kappa shape index (κ1) is 16.0. The lowest BCUT2D eigenvalue weighted by Crippen LogP contribution is -1.93. The van der Waals surface area contributed by atoms with Crippen molar-refractivity contribution in [1.82, 2.24) is 0 Å². The molecule has 0 aliphatic rings. The average molecular weight is 504 g/mol. The minimum Gasteiger partial charge on any atom is -0.456 e. The van der Waals surface area contributed by atoms with Crippen LogP contribution >= 0.6 is 0 Å². The predicted octanol–water partition coefficient (Wildman–Crippen LogP) is 10.9. The molecule has 0 atom stereocenters. The Morgan fingerprint density at radius 2 is 0.949 bits per heavy atom. The van der Waals surface area contributed by atoms with E-state index in [1.807, 2.05) is 78.9 Å². The maximum Gasteiger partial charge on any atom is 0.136 e. The fourth-order valence-corrected chi connectivity index (χ4v) is 5.81. The third-order valence-corrected chi connectivity index (χ3v) is 7.41.